The van der Waals surface area contributed by atoms with Crippen molar-refractivity contribution in [3.05, 3.63) is 42.6 Å². The molecule has 1 N–H and O–H groups in total. The molecule has 23 heavy (non-hydrogen) atoms. The quantitative estimate of drug-likeness (QED) is 0.924. The van der Waals surface area contributed by atoms with Crippen LogP contribution in [0.5, 0.6) is 0 Å². The normalized spacial score (nSPS) is 17.7. The van der Waals surface area contributed by atoms with Gasteiger partial charge in [0.2, 0.25) is 0 Å². The van der Waals surface area contributed by atoms with E-state index in [4.69, 9.17) is 0 Å². The number of fused-ring (bicyclic) bond motifs is 1. The van der Waals surface area contributed by atoms with Crippen LogP contribution in [0.15, 0.2) is 42.6 Å². The van der Waals surface area contributed by atoms with E-state index in [1.165, 1.54) is 5.69 Å². The Bertz CT molecular complexity index is 703. The van der Waals surface area contributed by atoms with Gasteiger partial charge < -0.3 is 15.1 Å². The van der Waals surface area contributed by atoms with E-state index in [-0.39, 0.29) is 0 Å². The Morgan fingerprint density at radius 2 is 1.83 bits per heavy atom. The summed E-state index contributed by atoms with van der Waals surface area (Å²) in [4.78, 5) is 20.5. The minimum Gasteiger partial charge on any atom is -0.382 e. The lowest BCUT2D eigenvalue weighted by Crippen LogP contribution is -2.34. The highest BCUT2D eigenvalue weighted by Gasteiger charge is 2.20. The Kier molecular flexibility index (Phi) is 3.61. The van der Waals surface area contributed by atoms with Crippen LogP contribution in [0.3, 0.4) is 0 Å². The van der Waals surface area contributed by atoms with Crippen molar-refractivity contribution in [2.45, 2.75) is 12.8 Å². The number of ketones is 1. The number of para-hydroxylation sites is 2. The van der Waals surface area contributed by atoms with Gasteiger partial charge in [-0.1, -0.05) is 12.1 Å². The minimum absolute atomic E-state index is 0.364. The highest BCUT2D eigenvalue weighted by molar-refractivity contribution is 5.81. The molecule has 0 spiro atoms. The number of pyridine rings is 1. The number of piperidine rings is 1. The maximum Gasteiger partial charge on any atom is 0.136 e. The van der Waals surface area contributed by atoms with Crippen molar-refractivity contribution in [3.63, 3.8) is 0 Å². The van der Waals surface area contributed by atoms with Gasteiger partial charge in [-0.15, -0.1) is 0 Å². The predicted molar refractivity (Wildman–Crippen MR) is 92.6 cm³/mol. The molecule has 0 unspecified atom stereocenters. The molecule has 3 heterocycles. The first-order valence-corrected chi connectivity index (χ1v) is 8.14. The second kappa shape index (κ2) is 5.91. The number of carbonyl (C=O) groups is 1. The number of Topliss-reactive ketones (excluding diaryl/α,β-unsaturated/α-hetero) is 1. The summed E-state index contributed by atoms with van der Waals surface area (Å²) in [7, 11) is 0. The zero-order chi connectivity index (χ0) is 15.6. The lowest BCUT2D eigenvalue weighted by Gasteiger charge is -2.32. The van der Waals surface area contributed by atoms with Crippen LogP contribution in [0.25, 0.3) is 0 Å². The van der Waals surface area contributed by atoms with Crippen LogP contribution >= 0.6 is 0 Å². The average molecular weight is 308 g/mol. The van der Waals surface area contributed by atoms with Gasteiger partial charge in [-0.25, -0.2) is 4.98 Å². The van der Waals surface area contributed by atoms with Crippen LogP contribution in [-0.4, -0.2) is 36.9 Å². The molecule has 0 atom stereocenters. The molecule has 0 bridgehead atoms. The summed E-state index contributed by atoms with van der Waals surface area (Å²) < 4.78 is 0. The van der Waals surface area contributed by atoms with E-state index in [0.717, 1.165) is 43.4 Å². The standard InChI is InChI=1S/C18H20N4O/c23-15-7-10-21(11-8-15)14-5-6-18(20-13-14)22-12-9-19-16-3-1-2-4-17(16)22/h1-6,13,19H,7-12H2. The third-order valence-electron chi connectivity index (χ3n) is 4.54. The fraction of sp³-hybridized carbons (Fsp3) is 0.333. The van der Waals surface area contributed by atoms with Crippen molar-refractivity contribution in [1.29, 1.82) is 0 Å². The summed E-state index contributed by atoms with van der Waals surface area (Å²) >= 11 is 0. The number of hydrogen-bond donors (Lipinski definition) is 1. The first-order valence-electron chi connectivity index (χ1n) is 8.14. The van der Waals surface area contributed by atoms with Crippen LogP contribution in [0.4, 0.5) is 22.9 Å². The predicted octanol–water partition coefficient (Wildman–Crippen LogP) is 2.81. The van der Waals surface area contributed by atoms with E-state index < -0.39 is 0 Å². The van der Waals surface area contributed by atoms with Gasteiger partial charge in [0.15, 0.2) is 0 Å². The largest absolute Gasteiger partial charge is 0.382 e. The molecular formula is C18H20N4O. The zero-order valence-corrected chi connectivity index (χ0v) is 13.0. The van der Waals surface area contributed by atoms with Crippen LogP contribution in [-0.2, 0) is 4.79 Å². The molecule has 2 aliphatic heterocycles. The molecule has 0 aliphatic carbocycles. The second-order valence-electron chi connectivity index (χ2n) is 6.00. The van der Waals surface area contributed by atoms with E-state index in [9.17, 15) is 4.79 Å². The number of rotatable bonds is 2. The Labute approximate surface area is 135 Å². The van der Waals surface area contributed by atoms with Gasteiger partial charge in [-0.2, -0.15) is 0 Å². The zero-order valence-electron chi connectivity index (χ0n) is 13.0. The smallest absolute Gasteiger partial charge is 0.136 e. The molecule has 1 fully saturated rings. The third-order valence-corrected chi connectivity index (χ3v) is 4.54. The number of benzene rings is 1. The van der Waals surface area contributed by atoms with Gasteiger partial charge in [0, 0.05) is 39.0 Å². The van der Waals surface area contributed by atoms with Gasteiger partial charge in [-0.05, 0) is 24.3 Å². The average Bonchev–Trinajstić information content (AvgIpc) is 2.62. The van der Waals surface area contributed by atoms with Crippen LogP contribution in [0.1, 0.15) is 12.8 Å². The number of hydrogen-bond acceptors (Lipinski definition) is 5. The van der Waals surface area contributed by atoms with Gasteiger partial charge in [0.1, 0.15) is 11.6 Å². The SMILES string of the molecule is O=C1CCN(c2ccc(N3CCNc4ccccc43)nc2)CC1. The van der Waals surface area contributed by atoms with Gasteiger partial charge in [0.05, 0.1) is 23.3 Å². The molecular weight excluding hydrogens is 288 g/mol. The van der Waals surface area contributed by atoms with Gasteiger partial charge in [0.25, 0.3) is 0 Å². The number of anilines is 4. The van der Waals surface area contributed by atoms with Crippen molar-refractivity contribution in [2.24, 2.45) is 0 Å². The lowest BCUT2D eigenvalue weighted by molar-refractivity contribution is -0.119. The maximum absolute atomic E-state index is 11.4. The molecule has 0 amide bonds. The summed E-state index contributed by atoms with van der Waals surface area (Å²) in [5, 5.41) is 3.42. The number of nitrogens with one attached hydrogen (secondary N) is 1. The van der Waals surface area contributed by atoms with E-state index in [2.05, 4.69) is 50.4 Å². The van der Waals surface area contributed by atoms with Crippen molar-refractivity contribution in [1.82, 2.24) is 4.98 Å². The molecule has 2 aromatic rings. The Balaban J connectivity index is 1.56. The molecule has 1 aromatic heterocycles. The summed E-state index contributed by atoms with van der Waals surface area (Å²) in [5.74, 6) is 1.33. The molecule has 0 radical (unpaired) electrons. The third kappa shape index (κ3) is 2.74. The van der Waals surface area contributed by atoms with E-state index in [1.54, 1.807) is 0 Å². The number of nitrogens with zero attached hydrogens (tertiary/aromatic N) is 3. The Morgan fingerprint density at radius 1 is 1.00 bits per heavy atom. The Morgan fingerprint density at radius 3 is 2.61 bits per heavy atom. The van der Waals surface area contributed by atoms with Crippen molar-refractivity contribution < 1.29 is 4.79 Å². The van der Waals surface area contributed by atoms with Crippen molar-refractivity contribution >= 4 is 28.7 Å². The van der Waals surface area contributed by atoms with Crippen LogP contribution < -0.4 is 15.1 Å². The van der Waals surface area contributed by atoms with E-state index in [0.29, 0.717) is 18.6 Å². The van der Waals surface area contributed by atoms with E-state index in [1.807, 2.05) is 12.3 Å². The topological polar surface area (TPSA) is 48.5 Å². The molecule has 5 nitrogen and oxygen atoms in total. The summed E-state index contributed by atoms with van der Waals surface area (Å²) in [6.07, 6.45) is 3.22. The highest BCUT2D eigenvalue weighted by Crippen LogP contribution is 2.33. The first-order chi connectivity index (χ1) is 11.3. The number of carbonyl (C=O) groups excluding carboxylic acids is 1. The molecule has 4 rings (SSSR count). The molecule has 1 saturated heterocycles. The van der Waals surface area contributed by atoms with E-state index >= 15 is 0 Å². The fourth-order valence-electron chi connectivity index (χ4n) is 3.26. The highest BCUT2D eigenvalue weighted by atomic mass is 16.1. The molecule has 0 saturated carbocycles. The monoisotopic (exact) mass is 308 g/mol. The van der Waals surface area contributed by atoms with Crippen LogP contribution in [0, 0.1) is 0 Å². The summed E-state index contributed by atoms with van der Waals surface area (Å²) in [5.41, 5.74) is 3.42. The molecule has 2 aliphatic rings. The Hall–Kier alpha value is -2.56. The van der Waals surface area contributed by atoms with Crippen molar-refractivity contribution in [3.8, 4) is 0 Å². The second-order valence-corrected chi connectivity index (χ2v) is 6.00. The molecule has 1 aromatic carbocycles. The van der Waals surface area contributed by atoms with Gasteiger partial charge in [-0.3, -0.25) is 4.79 Å². The summed E-state index contributed by atoms with van der Waals surface area (Å²) in [6.45, 7) is 3.42. The maximum atomic E-state index is 11.4. The minimum atomic E-state index is 0.364. The first kappa shape index (κ1) is 14.1. The fourth-order valence-corrected chi connectivity index (χ4v) is 3.26. The lowest BCUT2D eigenvalue weighted by atomic mass is 10.1. The molecule has 5 heteroatoms. The van der Waals surface area contributed by atoms with Crippen LogP contribution in [0.2, 0.25) is 0 Å². The van der Waals surface area contributed by atoms with Gasteiger partial charge >= 0.3 is 0 Å². The summed E-state index contributed by atoms with van der Waals surface area (Å²) in [6, 6.07) is 12.5. The van der Waals surface area contributed by atoms with Crippen molar-refractivity contribution in [2.75, 3.05) is 41.3 Å². The molecule has 118 valence electrons. The number of aromatic nitrogens is 1.